The van der Waals surface area contributed by atoms with Crippen molar-refractivity contribution < 1.29 is 9.13 Å². The fourth-order valence-corrected chi connectivity index (χ4v) is 1.93. The van der Waals surface area contributed by atoms with Crippen molar-refractivity contribution in [3.8, 4) is 11.6 Å². The Balaban J connectivity index is 2.24. The van der Waals surface area contributed by atoms with E-state index in [2.05, 4.69) is 25.9 Å². The number of nitrogens with zero attached hydrogens (tertiary/aromatic N) is 2. The number of ether oxygens (including phenoxy) is 1. The van der Waals surface area contributed by atoms with Crippen LogP contribution in [-0.4, -0.2) is 9.97 Å². The summed E-state index contributed by atoms with van der Waals surface area (Å²) in [5, 5.41) is 0.311. The van der Waals surface area contributed by atoms with E-state index < -0.39 is 5.82 Å². The van der Waals surface area contributed by atoms with Crippen molar-refractivity contribution in [2.24, 2.45) is 0 Å². The van der Waals surface area contributed by atoms with E-state index in [4.69, 9.17) is 16.3 Å². The zero-order valence-corrected chi connectivity index (χ0v) is 12.5. The Morgan fingerprint density at radius 3 is 2.79 bits per heavy atom. The van der Waals surface area contributed by atoms with Gasteiger partial charge < -0.3 is 4.74 Å². The summed E-state index contributed by atoms with van der Waals surface area (Å²) >= 11 is 8.98. The van der Waals surface area contributed by atoms with E-state index >= 15 is 0 Å². The van der Waals surface area contributed by atoms with Crippen molar-refractivity contribution in [1.82, 2.24) is 9.97 Å². The van der Waals surface area contributed by atoms with Crippen LogP contribution in [0.25, 0.3) is 0 Å². The number of hydrogen-bond acceptors (Lipinski definition) is 3. The Labute approximate surface area is 123 Å². The molecule has 0 aliphatic rings. The molecule has 2 rings (SSSR count). The van der Waals surface area contributed by atoms with Gasteiger partial charge in [-0.15, -0.1) is 0 Å². The lowest BCUT2D eigenvalue weighted by atomic mass is 10.3. The van der Waals surface area contributed by atoms with Gasteiger partial charge in [0.15, 0.2) is 0 Å². The molecule has 0 amide bonds. The van der Waals surface area contributed by atoms with E-state index in [0.717, 1.165) is 6.42 Å². The molecule has 100 valence electrons. The van der Waals surface area contributed by atoms with Gasteiger partial charge in [-0.05, 0) is 34.5 Å². The SMILES string of the molecule is CCCc1nc(Cl)cc(Oc2ccc(Br)c(F)c2)n1. The first-order valence-corrected chi connectivity index (χ1v) is 6.92. The van der Waals surface area contributed by atoms with Crippen molar-refractivity contribution in [3.63, 3.8) is 0 Å². The maximum absolute atomic E-state index is 13.4. The minimum Gasteiger partial charge on any atom is -0.439 e. The number of aryl methyl sites for hydroxylation is 1. The van der Waals surface area contributed by atoms with Crippen molar-refractivity contribution in [2.75, 3.05) is 0 Å². The molecule has 0 atom stereocenters. The molecule has 0 radical (unpaired) electrons. The second-order valence-corrected chi connectivity index (χ2v) is 5.11. The second kappa shape index (κ2) is 6.30. The van der Waals surface area contributed by atoms with Crippen LogP contribution in [0.3, 0.4) is 0 Å². The molecule has 3 nitrogen and oxygen atoms in total. The standard InChI is InChI=1S/C13H11BrClFN2O/c1-2-3-12-17-11(15)7-13(18-12)19-8-4-5-9(14)10(16)6-8/h4-7H,2-3H2,1H3. The third-order valence-electron chi connectivity index (χ3n) is 2.30. The summed E-state index contributed by atoms with van der Waals surface area (Å²) in [4.78, 5) is 8.31. The molecule has 2 aromatic rings. The van der Waals surface area contributed by atoms with Gasteiger partial charge in [0.2, 0.25) is 5.88 Å². The van der Waals surface area contributed by atoms with Gasteiger partial charge in [0.1, 0.15) is 22.5 Å². The van der Waals surface area contributed by atoms with Crippen LogP contribution in [0.15, 0.2) is 28.7 Å². The van der Waals surface area contributed by atoms with Crippen LogP contribution >= 0.6 is 27.5 Å². The van der Waals surface area contributed by atoms with Crippen LogP contribution in [0, 0.1) is 5.82 Å². The molecule has 1 heterocycles. The third kappa shape index (κ3) is 3.88. The fraction of sp³-hybridized carbons (Fsp3) is 0.231. The van der Waals surface area contributed by atoms with Crippen LogP contribution in [-0.2, 0) is 6.42 Å². The highest BCUT2D eigenvalue weighted by atomic mass is 79.9. The highest BCUT2D eigenvalue weighted by Crippen LogP contribution is 2.25. The van der Waals surface area contributed by atoms with Crippen LogP contribution in [0.4, 0.5) is 4.39 Å². The van der Waals surface area contributed by atoms with E-state index in [-0.39, 0.29) is 0 Å². The highest BCUT2D eigenvalue weighted by Gasteiger charge is 2.07. The number of hydrogen-bond donors (Lipinski definition) is 0. The van der Waals surface area contributed by atoms with E-state index in [1.807, 2.05) is 6.92 Å². The third-order valence-corrected chi connectivity index (χ3v) is 3.14. The molecule has 0 aliphatic carbocycles. The Morgan fingerprint density at radius 2 is 2.11 bits per heavy atom. The average molecular weight is 346 g/mol. The van der Waals surface area contributed by atoms with Gasteiger partial charge in [-0.2, -0.15) is 4.98 Å². The number of benzene rings is 1. The Bertz CT molecular complexity index is 595. The number of halogens is 3. The molecular weight excluding hydrogens is 335 g/mol. The fourth-order valence-electron chi connectivity index (χ4n) is 1.49. The van der Waals surface area contributed by atoms with Gasteiger partial charge in [0, 0.05) is 18.6 Å². The first kappa shape index (κ1) is 14.2. The quantitative estimate of drug-likeness (QED) is 0.748. The summed E-state index contributed by atoms with van der Waals surface area (Å²) in [7, 11) is 0. The van der Waals surface area contributed by atoms with Crippen LogP contribution in [0.2, 0.25) is 5.15 Å². The molecule has 0 saturated heterocycles. The molecular formula is C13H11BrClFN2O. The molecule has 0 saturated carbocycles. The lowest BCUT2D eigenvalue weighted by Crippen LogP contribution is -1.97. The molecule has 0 N–H and O–H groups in total. The summed E-state index contributed by atoms with van der Waals surface area (Å²) in [5.74, 6) is 0.886. The molecule has 1 aromatic carbocycles. The Hall–Kier alpha value is -1.20. The molecule has 0 bridgehead atoms. The highest BCUT2D eigenvalue weighted by molar-refractivity contribution is 9.10. The first-order valence-electron chi connectivity index (χ1n) is 5.75. The zero-order chi connectivity index (χ0) is 13.8. The summed E-state index contributed by atoms with van der Waals surface area (Å²) in [6.07, 6.45) is 1.62. The molecule has 0 unspecified atom stereocenters. The van der Waals surface area contributed by atoms with Crippen molar-refractivity contribution >= 4 is 27.5 Å². The van der Waals surface area contributed by atoms with Gasteiger partial charge in [0.05, 0.1) is 4.47 Å². The zero-order valence-electron chi connectivity index (χ0n) is 10.2. The van der Waals surface area contributed by atoms with Crippen LogP contribution in [0.5, 0.6) is 11.6 Å². The van der Waals surface area contributed by atoms with Gasteiger partial charge in [-0.1, -0.05) is 18.5 Å². The van der Waals surface area contributed by atoms with E-state index in [0.29, 0.717) is 33.5 Å². The Morgan fingerprint density at radius 1 is 1.32 bits per heavy atom. The topological polar surface area (TPSA) is 35.0 Å². The summed E-state index contributed by atoms with van der Waals surface area (Å²) < 4.78 is 19.2. The summed E-state index contributed by atoms with van der Waals surface area (Å²) in [6.45, 7) is 2.02. The summed E-state index contributed by atoms with van der Waals surface area (Å²) in [5.41, 5.74) is 0. The Kier molecular flexibility index (Phi) is 4.71. The van der Waals surface area contributed by atoms with Gasteiger partial charge in [-0.3, -0.25) is 0 Å². The minimum absolute atomic E-state index is 0.310. The lowest BCUT2D eigenvalue weighted by molar-refractivity contribution is 0.453. The predicted molar refractivity (Wildman–Crippen MR) is 75.2 cm³/mol. The largest absolute Gasteiger partial charge is 0.439 e. The first-order chi connectivity index (χ1) is 9.08. The monoisotopic (exact) mass is 344 g/mol. The maximum Gasteiger partial charge on any atom is 0.224 e. The van der Waals surface area contributed by atoms with E-state index in [1.54, 1.807) is 12.1 Å². The molecule has 6 heteroatoms. The average Bonchev–Trinajstić information content (AvgIpc) is 2.33. The van der Waals surface area contributed by atoms with E-state index in [9.17, 15) is 4.39 Å². The molecule has 0 aliphatic heterocycles. The second-order valence-electron chi connectivity index (χ2n) is 3.87. The predicted octanol–water partition coefficient (Wildman–Crippen LogP) is 4.78. The van der Waals surface area contributed by atoms with Crippen LogP contribution in [0.1, 0.15) is 19.2 Å². The number of aromatic nitrogens is 2. The van der Waals surface area contributed by atoms with Crippen molar-refractivity contribution in [2.45, 2.75) is 19.8 Å². The lowest BCUT2D eigenvalue weighted by Gasteiger charge is -2.07. The molecule has 0 fully saturated rings. The molecule has 1 aromatic heterocycles. The smallest absolute Gasteiger partial charge is 0.224 e. The number of rotatable bonds is 4. The maximum atomic E-state index is 13.4. The van der Waals surface area contributed by atoms with E-state index in [1.165, 1.54) is 12.1 Å². The minimum atomic E-state index is -0.397. The normalized spacial score (nSPS) is 10.5. The van der Waals surface area contributed by atoms with Gasteiger partial charge in [-0.25, -0.2) is 9.37 Å². The summed E-state index contributed by atoms with van der Waals surface area (Å²) in [6, 6.07) is 5.99. The van der Waals surface area contributed by atoms with Gasteiger partial charge >= 0.3 is 0 Å². The van der Waals surface area contributed by atoms with Crippen molar-refractivity contribution in [3.05, 3.63) is 45.5 Å². The molecule has 19 heavy (non-hydrogen) atoms. The van der Waals surface area contributed by atoms with Crippen molar-refractivity contribution in [1.29, 1.82) is 0 Å². The van der Waals surface area contributed by atoms with Gasteiger partial charge in [0.25, 0.3) is 0 Å². The molecule has 0 spiro atoms. The van der Waals surface area contributed by atoms with Crippen LogP contribution < -0.4 is 4.74 Å².